The van der Waals surface area contributed by atoms with Crippen LogP contribution in [-0.4, -0.2) is 51.8 Å². The first-order chi connectivity index (χ1) is 16.5. The van der Waals surface area contributed by atoms with E-state index in [0.717, 1.165) is 40.2 Å². The van der Waals surface area contributed by atoms with Crippen molar-refractivity contribution in [2.24, 2.45) is 0 Å². The van der Waals surface area contributed by atoms with Crippen molar-refractivity contribution in [2.45, 2.75) is 20.3 Å². The zero-order valence-corrected chi connectivity index (χ0v) is 21.1. The second-order valence-corrected chi connectivity index (χ2v) is 9.45. The topological polar surface area (TPSA) is 56.6 Å². The average Bonchev–Trinajstić information content (AvgIpc) is 3.38. The summed E-state index contributed by atoms with van der Waals surface area (Å²) in [4.78, 5) is 15.4. The number of amides is 1. The summed E-state index contributed by atoms with van der Waals surface area (Å²) < 4.78 is 13.2. The van der Waals surface area contributed by atoms with Crippen molar-refractivity contribution in [3.05, 3.63) is 70.8 Å². The molecule has 8 heteroatoms. The van der Waals surface area contributed by atoms with E-state index in [1.165, 1.54) is 11.8 Å². The molecule has 176 valence electrons. The van der Waals surface area contributed by atoms with Gasteiger partial charge >= 0.3 is 0 Å². The number of carbonyl (C=O) groups is 1. The summed E-state index contributed by atoms with van der Waals surface area (Å²) in [7, 11) is 1.65. The van der Waals surface area contributed by atoms with E-state index in [9.17, 15) is 4.79 Å². The fourth-order valence-corrected chi connectivity index (χ4v) is 5.05. The molecular weight excluding hydrogens is 466 g/mol. The molecule has 0 aliphatic carbocycles. The molecule has 2 aromatic carbocycles. The second kappa shape index (κ2) is 11.0. The molecule has 6 nitrogen and oxygen atoms in total. The van der Waals surface area contributed by atoms with Crippen molar-refractivity contribution in [3.63, 3.8) is 0 Å². The lowest BCUT2D eigenvalue weighted by atomic mass is 10.0. The van der Waals surface area contributed by atoms with E-state index in [-0.39, 0.29) is 5.91 Å². The van der Waals surface area contributed by atoms with E-state index >= 15 is 0 Å². The highest BCUT2D eigenvalue weighted by atomic mass is 32.2. The largest absolute Gasteiger partial charge is 0.497 e. The van der Waals surface area contributed by atoms with Crippen molar-refractivity contribution in [1.29, 1.82) is 0 Å². The van der Waals surface area contributed by atoms with Gasteiger partial charge in [-0.05, 0) is 62.2 Å². The number of nitrogens with zero attached hydrogens (tertiary/aromatic N) is 3. The highest BCUT2D eigenvalue weighted by molar-refractivity contribution is 8.26. The fraction of sp³-hybridized carbons (Fsp3) is 0.269. The van der Waals surface area contributed by atoms with Crippen LogP contribution in [-0.2, 0) is 9.53 Å². The number of rotatable bonds is 9. The van der Waals surface area contributed by atoms with Gasteiger partial charge in [0.25, 0.3) is 5.91 Å². The van der Waals surface area contributed by atoms with E-state index in [1.54, 1.807) is 12.0 Å². The normalized spacial score (nSPS) is 14.9. The summed E-state index contributed by atoms with van der Waals surface area (Å²) in [6, 6.07) is 15.8. The molecule has 1 amide bonds. The quantitative estimate of drug-likeness (QED) is 0.223. The maximum Gasteiger partial charge on any atom is 0.266 e. The Labute approximate surface area is 209 Å². The van der Waals surface area contributed by atoms with Crippen LogP contribution >= 0.6 is 24.0 Å². The monoisotopic (exact) mass is 493 g/mol. The summed E-state index contributed by atoms with van der Waals surface area (Å²) in [5.41, 5.74) is 4.61. The number of thioether (sulfide) groups is 1. The summed E-state index contributed by atoms with van der Waals surface area (Å²) in [5.74, 6) is 0.717. The molecule has 0 saturated carbocycles. The number of benzene rings is 2. The van der Waals surface area contributed by atoms with Crippen LogP contribution in [0.2, 0.25) is 0 Å². The van der Waals surface area contributed by atoms with Gasteiger partial charge in [-0.2, -0.15) is 5.10 Å². The van der Waals surface area contributed by atoms with Gasteiger partial charge in [0.15, 0.2) is 0 Å². The van der Waals surface area contributed by atoms with Crippen LogP contribution in [0.5, 0.6) is 5.75 Å². The molecule has 0 atom stereocenters. The van der Waals surface area contributed by atoms with Crippen LogP contribution < -0.4 is 4.74 Å². The van der Waals surface area contributed by atoms with Gasteiger partial charge < -0.3 is 9.47 Å². The van der Waals surface area contributed by atoms with Crippen molar-refractivity contribution >= 4 is 40.3 Å². The Hall–Kier alpha value is -2.94. The van der Waals surface area contributed by atoms with Crippen molar-refractivity contribution < 1.29 is 14.3 Å². The number of methoxy groups -OCH3 is 1. The number of aromatic nitrogens is 2. The number of para-hydroxylation sites is 1. The maximum absolute atomic E-state index is 13.1. The first kappa shape index (κ1) is 24.2. The molecule has 1 saturated heterocycles. The van der Waals surface area contributed by atoms with Crippen LogP contribution in [0.4, 0.5) is 0 Å². The number of hydrogen-bond donors (Lipinski definition) is 0. The average molecular weight is 494 g/mol. The molecule has 0 bridgehead atoms. The molecule has 1 aliphatic heterocycles. The predicted octanol–water partition coefficient (Wildman–Crippen LogP) is 5.48. The van der Waals surface area contributed by atoms with Gasteiger partial charge in [-0.3, -0.25) is 9.69 Å². The predicted molar refractivity (Wildman–Crippen MR) is 141 cm³/mol. The van der Waals surface area contributed by atoms with Crippen molar-refractivity contribution in [1.82, 2.24) is 14.7 Å². The SMILES string of the molecule is CCOCCCN1C(=O)C(=Cc2cn(-c3ccccc3)nc2-c2ccc(OC)cc2C)SC1=S. The third kappa shape index (κ3) is 5.24. The first-order valence-corrected chi connectivity index (χ1v) is 12.4. The molecule has 2 heterocycles. The lowest BCUT2D eigenvalue weighted by Crippen LogP contribution is -2.29. The minimum Gasteiger partial charge on any atom is -0.497 e. The molecule has 3 aromatic rings. The summed E-state index contributed by atoms with van der Waals surface area (Å²) in [6.07, 6.45) is 4.60. The summed E-state index contributed by atoms with van der Waals surface area (Å²) >= 11 is 6.83. The van der Waals surface area contributed by atoms with E-state index in [0.29, 0.717) is 29.0 Å². The lowest BCUT2D eigenvalue weighted by molar-refractivity contribution is -0.122. The Morgan fingerprint density at radius 1 is 1.18 bits per heavy atom. The van der Waals surface area contributed by atoms with Gasteiger partial charge in [-0.25, -0.2) is 4.68 Å². The van der Waals surface area contributed by atoms with Crippen molar-refractivity contribution in [2.75, 3.05) is 26.9 Å². The summed E-state index contributed by atoms with van der Waals surface area (Å²) in [5, 5.41) is 4.89. The number of carbonyl (C=O) groups excluding carboxylic acids is 1. The molecular formula is C26H27N3O3S2. The molecule has 1 aromatic heterocycles. The maximum atomic E-state index is 13.1. The van der Waals surface area contributed by atoms with Gasteiger partial charge in [-0.1, -0.05) is 42.2 Å². The van der Waals surface area contributed by atoms with Crippen LogP contribution in [0.25, 0.3) is 23.0 Å². The second-order valence-electron chi connectivity index (χ2n) is 7.78. The minimum absolute atomic E-state index is 0.0728. The van der Waals surface area contributed by atoms with Gasteiger partial charge in [0, 0.05) is 37.1 Å². The van der Waals surface area contributed by atoms with Gasteiger partial charge in [-0.15, -0.1) is 0 Å². The zero-order chi connectivity index (χ0) is 24.1. The molecule has 4 rings (SSSR count). The highest BCUT2D eigenvalue weighted by Crippen LogP contribution is 2.36. The van der Waals surface area contributed by atoms with Gasteiger partial charge in [0.1, 0.15) is 15.8 Å². The number of ether oxygens (including phenoxy) is 2. The minimum atomic E-state index is -0.0728. The molecule has 1 fully saturated rings. The van der Waals surface area contributed by atoms with Crippen molar-refractivity contribution in [3.8, 4) is 22.7 Å². The first-order valence-electron chi connectivity index (χ1n) is 11.1. The van der Waals surface area contributed by atoms with Gasteiger partial charge in [0.05, 0.1) is 17.7 Å². The van der Waals surface area contributed by atoms with Crippen LogP contribution in [0.15, 0.2) is 59.6 Å². The third-order valence-electron chi connectivity index (χ3n) is 5.49. The zero-order valence-electron chi connectivity index (χ0n) is 19.5. The molecule has 34 heavy (non-hydrogen) atoms. The third-order valence-corrected chi connectivity index (χ3v) is 6.86. The Morgan fingerprint density at radius 2 is 1.97 bits per heavy atom. The smallest absolute Gasteiger partial charge is 0.266 e. The Bertz CT molecular complexity index is 1220. The number of thiocarbonyl (C=S) groups is 1. The molecule has 1 aliphatic rings. The highest BCUT2D eigenvalue weighted by Gasteiger charge is 2.32. The Balaban J connectivity index is 1.71. The molecule has 0 unspecified atom stereocenters. The van der Waals surface area contributed by atoms with Crippen LogP contribution in [0.1, 0.15) is 24.5 Å². The fourth-order valence-electron chi connectivity index (χ4n) is 3.75. The van der Waals surface area contributed by atoms with Gasteiger partial charge in [0.2, 0.25) is 0 Å². The lowest BCUT2D eigenvalue weighted by Gasteiger charge is -2.13. The van der Waals surface area contributed by atoms with E-state index < -0.39 is 0 Å². The van der Waals surface area contributed by atoms with Crippen LogP contribution in [0, 0.1) is 6.92 Å². The number of hydrogen-bond acceptors (Lipinski definition) is 6. The van der Waals surface area contributed by atoms with E-state index in [2.05, 4.69) is 0 Å². The van der Waals surface area contributed by atoms with E-state index in [1.807, 2.05) is 79.3 Å². The van der Waals surface area contributed by atoms with E-state index in [4.69, 9.17) is 26.8 Å². The summed E-state index contributed by atoms with van der Waals surface area (Å²) in [6.45, 7) is 5.81. The standard InChI is InChI=1S/C26H27N3O3S2/c1-4-32-14-8-13-28-25(30)23(34-26(28)33)16-19-17-29(20-9-6-5-7-10-20)27-24(19)22-12-11-21(31-3)15-18(22)2/h5-7,9-12,15-17H,4,8,13-14H2,1-3H3. The molecule has 0 spiro atoms. The van der Waals surface area contributed by atoms with Crippen LogP contribution in [0.3, 0.4) is 0 Å². The Kier molecular flexibility index (Phi) is 7.82. The molecule has 0 radical (unpaired) electrons. The molecule has 0 N–H and O–H groups in total. The Morgan fingerprint density at radius 3 is 2.68 bits per heavy atom. The number of aryl methyl sites for hydroxylation is 1.